The summed E-state index contributed by atoms with van der Waals surface area (Å²) in [5, 5.41) is 0.0840. The van der Waals surface area contributed by atoms with Gasteiger partial charge in [-0.3, -0.25) is 4.79 Å². The van der Waals surface area contributed by atoms with Crippen molar-refractivity contribution in [3.8, 4) is 0 Å². The molecule has 0 spiro atoms. The van der Waals surface area contributed by atoms with Gasteiger partial charge in [-0.25, -0.2) is 9.18 Å². The van der Waals surface area contributed by atoms with Crippen LogP contribution >= 0.6 is 0 Å². The number of ether oxygens (including phenoxy) is 1. The Morgan fingerprint density at radius 3 is 2.58 bits per heavy atom. The van der Waals surface area contributed by atoms with Crippen LogP contribution in [0.25, 0.3) is 11.8 Å². The molecule has 2 aromatic rings. The van der Waals surface area contributed by atoms with E-state index in [1.54, 1.807) is 35.2 Å². The molecule has 2 aliphatic heterocycles. The van der Waals surface area contributed by atoms with E-state index in [4.69, 9.17) is 9.16 Å². The first kappa shape index (κ1) is 23.4. The lowest BCUT2D eigenvalue weighted by Crippen LogP contribution is -2.44. The van der Waals surface area contributed by atoms with Crippen molar-refractivity contribution in [3.05, 3.63) is 70.5 Å². The maximum atomic E-state index is 14.6. The van der Waals surface area contributed by atoms with Gasteiger partial charge in [-0.2, -0.15) is 0 Å². The van der Waals surface area contributed by atoms with Crippen LogP contribution in [0.3, 0.4) is 0 Å². The lowest BCUT2D eigenvalue weighted by atomic mass is 10.0. The molecule has 5 nitrogen and oxygen atoms in total. The summed E-state index contributed by atoms with van der Waals surface area (Å²) >= 11 is 0. The summed E-state index contributed by atoms with van der Waals surface area (Å²) in [6.07, 6.45) is 2.38. The fourth-order valence-corrected chi connectivity index (χ4v) is 5.29. The highest BCUT2D eigenvalue weighted by atomic mass is 28.4. The number of halogens is 1. The van der Waals surface area contributed by atoms with Gasteiger partial charge in [-0.05, 0) is 54.4 Å². The van der Waals surface area contributed by atoms with Crippen molar-refractivity contribution in [3.63, 3.8) is 0 Å². The van der Waals surface area contributed by atoms with Crippen molar-refractivity contribution in [1.29, 1.82) is 0 Å². The number of nitrogens with zero attached hydrogens (tertiary/aromatic N) is 1. The Morgan fingerprint density at radius 1 is 1.18 bits per heavy atom. The number of rotatable bonds is 4. The average molecular weight is 468 g/mol. The monoisotopic (exact) mass is 467 g/mol. The summed E-state index contributed by atoms with van der Waals surface area (Å²) < 4.78 is 26.5. The third-order valence-corrected chi connectivity index (χ3v) is 11.4. The molecular weight excluding hydrogens is 437 g/mol. The Morgan fingerprint density at radius 2 is 1.88 bits per heavy atom. The van der Waals surface area contributed by atoms with Crippen LogP contribution in [0, 0.1) is 5.82 Å². The van der Waals surface area contributed by atoms with Gasteiger partial charge in [-0.1, -0.05) is 45.0 Å². The van der Waals surface area contributed by atoms with Crippen LogP contribution in [0.4, 0.5) is 4.39 Å². The maximum absolute atomic E-state index is 14.6. The van der Waals surface area contributed by atoms with Crippen molar-refractivity contribution >= 4 is 32.0 Å². The number of cyclic esters (lactones) is 1. The first-order valence-electron chi connectivity index (χ1n) is 11.3. The van der Waals surface area contributed by atoms with Crippen LogP contribution in [0.15, 0.2) is 42.5 Å². The molecular formula is C26H30FNO4Si. The minimum absolute atomic E-state index is 0.00920. The molecule has 33 heavy (non-hydrogen) atoms. The second-order valence-electron chi connectivity index (χ2n) is 10.2. The van der Waals surface area contributed by atoms with Crippen molar-refractivity contribution in [2.24, 2.45) is 0 Å². The molecule has 1 saturated heterocycles. The third kappa shape index (κ3) is 4.65. The summed E-state index contributed by atoms with van der Waals surface area (Å²) in [5.74, 6) is -0.942. The molecule has 2 aromatic carbocycles. The van der Waals surface area contributed by atoms with Crippen LogP contribution in [-0.2, 0) is 9.16 Å². The highest BCUT2D eigenvalue weighted by Crippen LogP contribution is 2.38. The molecule has 1 amide bonds. The number of benzene rings is 2. The lowest BCUT2D eigenvalue weighted by molar-refractivity contribution is 0.0715. The molecule has 0 N–H and O–H groups in total. The van der Waals surface area contributed by atoms with Gasteiger partial charge >= 0.3 is 5.97 Å². The van der Waals surface area contributed by atoms with Crippen LogP contribution in [0.5, 0.6) is 0 Å². The van der Waals surface area contributed by atoms with E-state index in [1.165, 1.54) is 12.1 Å². The first-order valence-corrected chi connectivity index (χ1v) is 14.2. The molecule has 0 saturated carbocycles. The summed E-state index contributed by atoms with van der Waals surface area (Å²) in [6.45, 7) is 11.9. The fourth-order valence-electron chi connectivity index (χ4n) is 3.91. The molecule has 1 atom stereocenters. The van der Waals surface area contributed by atoms with Crippen molar-refractivity contribution in [2.45, 2.75) is 51.4 Å². The molecule has 174 valence electrons. The zero-order valence-corrected chi connectivity index (χ0v) is 20.8. The molecule has 0 bridgehead atoms. The molecule has 0 aliphatic carbocycles. The Balaban J connectivity index is 1.52. The van der Waals surface area contributed by atoms with E-state index >= 15 is 0 Å². The Kier molecular flexibility index (Phi) is 6.05. The van der Waals surface area contributed by atoms with E-state index in [0.717, 1.165) is 6.42 Å². The number of carbonyl (C=O) groups excluding carboxylic acids is 2. The predicted octanol–water partition coefficient (Wildman–Crippen LogP) is 5.73. The summed E-state index contributed by atoms with van der Waals surface area (Å²) in [7, 11) is -1.95. The topological polar surface area (TPSA) is 55.8 Å². The van der Waals surface area contributed by atoms with Gasteiger partial charge in [0.2, 0.25) is 0 Å². The van der Waals surface area contributed by atoms with E-state index in [1.807, 2.05) is 6.07 Å². The van der Waals surface area contributed by atoms with E-state index in [9.17, 15) is 14.0 Å². The molecule has 1 unspecified atom stereocenters. The van der Waals surface area contributed by atoms with Crippen molar-refractivity contribution in [2.75, 3.05) is 13.1 Å². The molecule has 4 rings (SSSR count). The van der Waals surface area contributed by atoms with E-state index in [0.29, 0.717) is 35.5 Å². The fraction of sp³-hybridized carbons (Fsp3) is 0.385. The highest BCUT2D eigenvalue weighted by molar-refractivity contribution is 6.74. The van der Waals surface area contributed by atoms with Gasteiger partial charge in [0.15, 0.2) is 8.32 Å². The quantitative estimate of drug-likeness (QED) is 0.426. The number of amides is 1. The average Bonchev–Trinajstić information content (AvgIpc) is 3.33. The first-order chi connectivity index (χ1) is 15.5. The normalized spacial score (nSPS) is 19.7. The van der Waals surface area contributed by atoms with Gasteiger partial charge in [-0.15, -0.1) is 0 Å². The minimum Gasteiger partial charge on any atom is -0.422 e. The molecule has 2 aliphatic rings. The molecule has 1 fully saturated rings. The van der Waals surface area contributed by atoms with Gasteiger partial charge in [0.05, 0.1) is 17.2 Å². The SMILES string of the molecule is CC(C)(C)[Si](C)(C)OC1CCN(C(=O)c2cc(/C=C3\OC(=O)c4ccccc43)ccc2F)C1. The summed E-state index contributed by atoms with van der Waals surface area (Å²) in [4.78, 5) is 26.9. The van der Waals surface area contributed by atoms with Crippen molar-refractivity contribution in [1.82, 2.24) is 4.90 Å². The Hall–Kier alpha value is -2.77. The van der Waals surface area contributed by atoms with Gasteiger partial charge < -0.3 is 14.1 Å². The lowest BCUT2D eigenvalue weighted by Gasteiger charge is -2.38. The number of hydrogen-bond acceptors (Lipinski definition) is 4. The van der Waals surface area contributed by atoms with Crippen LogP contribution in [0.1, 0.15) is 59.0 Å². The van der Waals surface area contributed by atoms with E-state index < -0.39 is 20.1 Å². The number of carbonyl (C=O) groups is 2. The molecule has 0 radical (unpaired) electrons. The largest absolute Gasteiger partial charge is 0.422 e. The second kappa shape index (κ2) is 8.54. The number of esters is 1. The second-order valence-corrected chi connectivity index (χ2v) is 15.0. The molecule has 7 heteroatoms. The Bertz CT molecular complexity index is 1140. The predicted molar refractivity (Wildman–Crippen MR) is 129 cm³/mol. The molecule has 2 heterocycles. The van der Waals surface area contributed by atoms with Crippen LogP contribution in [-0.4, -0.2) is 44.3 Å². The van der Waals surface area contributed by atoms with E-state index in [2.05, 4.69) is 33.9 Å². The summed E-state index contributed by atoms with van der Waals surface area (Å²) in [6, 6.07) is 11.5. The number of hydrogen-bond donors (Lipinski definition) is 0. The number of fused-ring (bicyclic) bond motifs is 1. The van der Waals surface area contributed by atoms with Gasteiger partial charge in [0.25, 0.3) is 5.91 Å². The number of likely N-dealkylation sites (tertiary alicyclic amines) is 1. The van der Waals surface area contributed by atoms with Crippen molar-refractivity contribution < 1.29 is 23.1 Å². The van der Waals surface area contributed by atoms with Gasteiger partial charge in [0.1, 0.15) is 11.6 Å². The molecule has 0 aromatic heterocycles. The standard InChI is InChI=1S/C26H30FNO4Si/c1-26(2,3)33(4,5)32-18-12-13-28(16-18)24(29)21-14-17(10-11-22(21)27)15-23-19-8-6-7-9-20(19)25(30)31-23/h6-11,14-15,18H,12-13,16H2,1-5H3/b23-15-. The van der Waals surface area contributed by atoms with Crippen LogP contribution in [0.2, 0.25) is 18.1 Å². The van der Waals surface area contributed by atoms with Gasteiger partial charge in [0, 0.05) is 18.7 Å². The van der Waals surface area contributed by atoms with Crippen LogP contribution < -0.4 is 0 Å². The highest BCUT2D eigenvalue weighted by Gasteiger charge is 2.41. The summed E-state index contributed by atoms with van der Waals surface area (Å²) in [5.41, 5.74) is 1.78. The zero-order valence-electron chi connectivity index (χ0n) is 19.8. The zero-order chi connectivity index (χ0) is 24.0. The minimum atomic E-state index is -1.95. The smallest absolute Gasteiger partial charge is 0.344 e. The van der Waals surface area contributed by atoms with E-state index in [-0.39, 0.29) is 22.6 Å². The maximum Gasteiger partial charge on any atom is 0.344 e. The Labute approximate surface area is 195 Å². The third-order valence-electron chi connectivity index (χ3n) is 6.83.